The summed E-state index contributed by atoms with van der Waals surface area (Å²) < 4.78 is 0. The first-order valence-electron chi connectivity index (χ1n) is 14.0. The molecule has 0 heteroatoms. The van der Waals surface area contributed by atoms with Crippen LogP contribution in [0.25, 0.3) is 55.6 Å². The molecule has 0 aliphatic heterocycles. The quantitative estimate of drug-likeness (QED) is 0.215. The Labute approximate surface area is 238 Å². The van der Waals surface area contributed by atoms with E-state index in [0.29, 0.717) is 0 Å². The molecule has 0 aromatic heterocycles. The van der Waals surface area contributed by atoms with E-state index in [2.05, 4.69) is 172 Å². The second kappa shape index (κ2) is 10.8. The lowest BCUT2D eigenvalue weighted by Gasteiger charge is -2.23. The van der Waals surface area contributed by atoms with Gasteiger partial charge >= 0.3 is 0 Å². The first-order chi connectivity index (χ1) is 19.5. The van der Waals surface area contributed by atoms with Crippen LogP contribution >= 0.6 is 0 Å². The van der Waals surface area contributed by atoms with E-state index >= 15 is 0 Å². The standard InChI is InChI=1S/C40H34/c1-40(2,3)39-12-8-7-11-38(39)37-27-25-36(26-28-37)35-23-21-34(22-24-35)33-19-17-32(18-20-33)31-15-13-30(14-16-31)29-9-5-4-6-10-29/h4-28H,1-3H3. The largest absolute Gasteiger partial charge is 0.0622 e. The lowest BCUT2D eigenvalue weighted by atomic mass is 9.82. The summed E-state index contributed by atoms with van der Waals surface area (Å²) in [6.07, 6.45) is 0. The molecule has 0 spiro atoms. The van der Waals surface area contributed by atoms with Crippen molar-refractivity contribution in [2.75, 3.05) is 0 Å². The SMILES string of the molecule is CC(C)(C)c1ccccc1-c1ccc(-c2ccc(-c3ccc(-c4ccc(-c5ccccc5)cc4)cc3)cc2)cc1. The van der Waals surface area contributed by atoms with Crippen LogP contribution in [0.3, 0.4) is 0 Å². The van der Waals surface area contributed by atoms with E-state index in [1.807, 2.05) is 0 Å². The molecule has 6 aromatic carbocycles. The van der Waals surface area contributed by atoms with Gasteiger partial charge in [0.1, 0.15) is 0 Å². The predicted octanol–water partition coefficient (Wildman–Crippen LogP) is 11.3. The van der Waals surface area contributed by atoms with Gasteiger partial charge in [-0.05, 0) is 66.6 Å². The fourth-order valence-corrected chi connectivity index (χ4v) is 5.43. The molecule has 194 valence electrons. The monoisotopic (exact) mass is 514 g/mol. The highest BCUT2D eigenvalue weighted by atomic mass is 14.2. The number of hydrogen-bond donors (Lipinski definition) is 0. The molecule has 0 atom stereocenters. The summed E-state index contributed by atoms with van der Waals surface area (Å²) >= 11 is 0. The van der Waals surface area contributed by atoms with Gasteiger partial charge in [-0.1, -0.05) is 172 Å². The topological polar surface area (TPSA) is 0 Å². The molecular weight excluding hydrogens is 480 g/mol. The van der Waals surface area contributed by atoms with Gasteiger partial charge in [0.15, 0.2) is 0 Å². The van der Waals surface area contributed by atoms with Gasteiger partial charge in [0.05, 0.1) is 0 Å². The van der Waals surface area contributed by atoms with E-state index in [4.69, 9.17) is 0 Å². The highest BCUT2D eigenvalue weighted by Gasteiger charge is 2.18. The van der Waals surface area contributed by atoms with Crippen molar-refractivity contribution >= 4 is 0 Å². The van der Waals surface area contributed by atoms with E-state index in [9.17, 15) is 0 Å². The maximum absolute atomic E-state index is 2.28. The van der Waals surface area contributed by atoms with E-state index in [-0.39, 0.29) is 5.41 Å². The van der Waals surface area contributed by atoms with Gasteiger partial charge in [-0.25, -0.2) is 0 Å². The molecule has 0 fully saturated rings. The minimum atomic E-state index is 0.107. The van der Waals surface area contributed by atoms with Crippen LogP contribution in [-0.4, -0.2) is 0 Å². The fraction of sp³-hybridized carbons (Fsp3) is 0.100. The molecular formula is C40H34. The first kappa shape index (κ1) is 25.6. The number of rotatable bonds is 5. The van der Waals surface area contributed by atoms with E-state index in [1.54, 1.807) is 0 Å². The third kappa shape index (κ3) is 5.40. The molecule has 0 saturated heterocycles. The number of hydrogen-bond acceptors (Lipinski definition) is 0. The highest BCUT2D eigenvalue weighted by molar-refractivity contribution is 5.76. The van der Waals surface area contributed by atoms with Crippen molar-refractivity contribution in [3.63, 3.8) is 0 Å². The third-order valence-corrected chi connectivity index (χ3v) is 7.69. The maximum Gasteiger partial charge on any atom is -0.0126 e. The summed E-state index contributed by atoms with van der Waals surface area (Å²) in [5.41, 5.74) is 13.9. The van der Waals surface area contributed by atoms with Gasteiger partial charge in [-0.2, -0.15) is 0 Å². The van der Waals surface area contributed by atoms with Gasteiger partial charge < -0.3 is 0 Å². The van der Waals surface area contributed by atoms with Crippen LogP contribution in [0.5, 0.6) is 0 Å². The Morgan fingerprint density at radius 3 is 0.900 bits per heavy atom. The Morgan fingerprint density at radius 1 is 0.275 bits per heavy atom. The normalized spacial score (nSPS) is 11.4. The molecule has 0 aliphatic carbocycles. The summed E-state index contributed by atoms with van der Waals surface area (Å²) in [4.78, 5) is 0. The zero-order valence-electron chi connectivity index (χ0n) is 23.4. The highest BCUT2D eigenvalue weighted by Crippen LogP contribution is 2.34. The molecule has 0 radical (unpaired) electrons. The number of benzene rings is 6. The molecule has 0 nitrogen and oxygen atoms in total. The lowest BCUT2D eigenvalue weighted by molar-refractivity contribution is 0.592. The summed E-state index contributed by atoms with van der Waals surface area (Å²) in [6, 6.07) is 54.8. The third-order valence-electron chi connectivity index (χ3n) is 7.69. The molecule has 40 heavy (non-hydrogen) atoms. The van der Waals surface area contributed by atoms with Crippen LogP contribution in [0.15, 0.2) is 152 Å². The molecule has 0 amide bonds. The summed E-state index contributed by atoms with van der Waals surface area (Å²) in [6.45, 7) is 6.83. The van der Waals surface area contributed by atoms with Crippen LogP contribution in [0.1, 0.15) is 26.3 Å². The van der Waals surface area contributed by atoms with Crippen LogP contribution in [0.2, 0.25) is 0 Å². The average molecular weight is 515 g/mol. The zero-order valence-corrected chi connectivity index (χ0v) is 23.4. The van der Waals surface area contributed by atoms with Crippen LogP contribution < -0.4 is 0 Å². The van der Waals surface area contributed by atoms with Crippen molar-refractivity contribution in [2.24, 2.45) is 0 Å². The minimum Gasteiger partial charge on any atom is -0.0622 e. The van der Waals surface area contributed by atoms with Crippen LogP contribution in [0.4, 0.5) is 0 Å². The molecule has 6 rings (SSSR count). The second-order valence-electron chi connectivity index (χ2n) is 11.5. The Morgan fingerprint density at radius 2 is 0.550 bits per heavy atom. The molecule has 0 unspecified atom stereocenters. The molecule has 0 N–H and O–H groups in total. The molecule has 0 saturated carbocycles. The van der Waals surface area contributed by atoms with Gasteiger partial charge in [0, 0.05) is 0 Å². The van der Waals surface area contributed by atoms with E-state index < -0.39 is 0 Å². The average Bonchev–Trinajstić information content (AvgIpc) is 3.01. The Kier molecular flexibility index (Phi) is 6.93. The van der Waals surface area contributed by atoms with Crippen molar-refractivity contribution < 1.29 is 0 Å². The van der Waals surface area contributed by atoms with E-state index in [1.165, 1.54) is 61.2 Å². The molecule has 0 heterocycles. The van der Waals surface area contributed by atoms with Crippen molar-refractivity contribution in [2.45, 2.75) is 26.2 Å². The van der Waals surface area contributed by atoms with Gasteiger partial charge in [0.25, 0.3) is 0 Å². The van der Waals surface area contributed by atoms with Gasteiger partial charge in [0.2, 0.25) is 0 Å². The van der Waals surface area contributed by atoms with Crippen LogP contribution in [-0.2, 0) is 5.41 Å². The van der Waals surface area contributed by atoms with Crippen molar-refractivity contribution in [3.8, 4) is 55.6 Å². The van der Waals surface area contributed by atoms with E-state index in [0.717, 1.165) is 0 Å². The Hall–Kier alpha value is -4.68. The summed E-state index contributed by atoms with van der Waals surface area (Å²) in [7, 11) is 0. The first-order valence-corrected chi connectivity index (χ1v) is 14.0. The summed E-state index contributed by atoms with van der Waals surface area (Å²) in [5, 5.41) is 0. The van der Waals surface area contributed by atoms with Crippen molar-refractivity contribution in [1.29, 1.82) is 0 Å². The molecule has 0 aliphatic rings. The molecule has 0 bridgehead atoms. The van der Waals surface area contributed by atoms with Crippen molar-refractivity contribution in [3.05, 3.63) is 157 Å². The van der Waals surface area contributed by atoms with Crippen LogP contribution in [0, 0.1) is 0 Å². The molecule has 6 aromatic rings. The smallest absolute Gasteiger partial charge is 0.0126 e. The Balaban J connectivity index is 1.17. The maximum atomic E-state index is 2.28. The van der Waals surface area contributed by atoms with Gasteiger partial charge in [-0.3, -0.25) is 0 Å². The zero-order chi connectivity index (χ0) is 27.5. The lowest BCUT2D eigenvalue weighted by Crippen LogP contribution is -2.12. The Bertz CT molecular complexity index is 1700. The fourth-order valence-electron chi connectivity index (χ4n) is 5.43. The summed E-state index contributed by atoms with van der Waals surface area (Å²) in [5.74, 6) is 0. The van der Waals surface area contributed by atoms with Gasteiger partial charge in [-0.15, -0.1) is 0 Å². The second-order valence-corrected chi connectivity index (χ2v) is 11.5. The predicted molar refractivity (Wildman–Crippen MR) is 172 cm³/mol. The van der Waals surface area contributed by atoms with Crippen molar-refractivity contribution in [1.82, 2.24) is 0 Å². The minimum absolute atomic E-state index is 0.107.